The molecule has 8 heteroatoms. The summed E-state index contributed by atoms with van der Waals surface area (Å²) in [4.78, 5) is 23.2. The number of piperidine rings is 1. The molecule has 25 heavy (non-hydrogen) atoms. The van der Waals surface area contributed by atoms with Gasteiger partial charge in [0, 0.05) is 25.0 Å². The van der Waals surface area contributed by atoms with Crippen molar-refractivity contribution in [3.8, 4) is 0 Å². The van der Waals surface area contributed by atoms with E-state index in [1.54, 1.807) is 11.3 Å². The summed E-state index contributed by atoms with van der Waals surface area (Å²) in [5.41, 5.74) is 1.12. The molecular weight excluding hydrogens is 449 g/mol. The zero-order valence-corrected chi connectivity index (χ0v) is 18.5. The second kappa shape index (κ2) is 11.7. The van der Waals surface area contributed by atoms with Gasteiger partial charge in [0.15, 0.2) is 5.96 Å². The Morgan fingerprint density at radius 3 is 2.64 bits per heavy atom. The minimum Gasteiger partial charge on any atom is -0.357 e. The molecule has 1 aromatic heterocycles. The van der Waals surface area contributed by atoms with Crippen LogP contribution >= 0.6 is 35.3 Å². The number of hydrogen-bond acceptors (Lipinski definition) is 4. The first-order chi connectivity index (χ1) is 11.6. The third-order valence-corrected chi connectivity index (χ3v) is 4.86. The Morgan fingerprint density at radius 1 is 1.32 bits per heavy atom. The van der Waals surface area contributed by atoms with Crippen LogP contribution in [0.1, 0.15) is 56.7 Å². The van der Waals surface area contributed by atoms with E-state index in [0.717, 1.165) is 43.2 Å². The fourth-order valence-electron chi connectivity index (χ4n) is 2.56. The molecule has 0 atom stereocenters. The number of thiazole rings is 1. The first-order valence-electron chi connectivity index (χ1n) is 8.84. The van der Waals surface area contributed by atoms with Crippen LogP contribution in [-0.4, -0.2) is 47.9 Å². The highest BCUT2D eigenvalue weighted by molar-refractivity contribution is 14.0. The van der Waals surface area contributed by atoms with E-state index in [1.807, 2.05) is 11.8 Å². The Morgan fingerprint density at radius 2 is 2.04 bits per heavy atom. The molecule has 1 saturated heterocycles. The highest BCUT2D eigenvalue weighted by Crippen LogP contribution is 2.17. The van der Waals surface area contributed by atoms with Crippen LogP contribution in [0.15, 0.2) is 10.4 Å². The number of rotatable bonds is 6. The van der Waals surface area contributed by atoms with Crippen molar-refractivity contribution in [3.63, 3.8) is 0 Å². The van der Waals surface area contributed by atoms with Gasteiger partial charge in [0.1, 0.15) is 11.6 Å². The maximum atomic E-state index is 12.2. The first kappa shape index (κ1) is 22.1. The van der Waals surface area contributed by atoms with Crippen molar-refractivity contribution in [2.24, 2.45) is 4.99 Å². The average molecular weight is 479 g/mol. The number of guanidine groups is 1. The second-order valence-corrected chi connectivity index (χ2v) is 7.25. The van der Waals surface area contributed by atoms with E-state index in [4.69, 9.17) is 0 Å². The lowest BCUT2D eigenvalue weighted by Crippen LogP contribution is -2.40. The largest absolute Gasteiger partial charge is 0.357 e. The van der Waals surface area contributed by atoms with E-state index in [9.17, 15) is 4.79 Å². The highest BCUT2D eigenvalue weighted by Gasteiger charge is 2.16. The smallest absolute Gasteiger partial charge is 0.244 e. The van der Waals surface area contributed by atoms with E-state index in [0.29, 0.717) is 18.4 Å². The SMILES string of the molecule is CCNC(=NCC(=O)N1CCCCC1)NCc1nc(C(C)C)cs1.I. The summed E-state index contributed by atoms with van der Waals surface area (Å²) >= 11 is 1.65. The van der Waals surface area contributed by atoms with Gasteiger partial charge in [-0.25, -0.2) is 9.98 Å². The predicted molar refractivity (Wildman–Crippen MR) is 115 cm³/mol. The van der Waals surface area contributed by atoms with E-state index < -0.39 is 0 Å². The lowest BCUT2D eigenvalue weighted by molar-refractivity contribution is -0.130. The zero-order valence-electron chi connectivity index (χ0n) is 15.4. The number of nitrogens with one attached hydrogen (secondary N) is 2. The molecule has 2 heterocycles. The second-order valence-electron chi connectivity index (χ2n) is 6.31. The van der Waals surface area contributed by atoms with E-state index >= 15 is 0 Å². The lowest BCUT2D eigenvalue weighted by Gasteiger charge is -2.26. The van der Waals surface area contributed by atoms with Crippen LogP contribution in [0.5, 0.6) is 0 Å². The van der Waals surface area contributed by atoms with Crippen LogP contribution in [0.2, 0.25) is 0 Å². The third-order valence-electron chi connectivity index (χ3n) is 3.99. The van der Waals surface area contributed by atoms with Gasteiger partial charge in [-0.3, -0.25) is 4.79 Å². The monoisotopic (exact) mass is 479 g/mol. The van der Waals surface area contributed by atoms with Gasteiger partial charge in [-0.1, -0.05) is 13.8 Å². The van der Waals surface area contributed by atoms with Crippen molar-refractivity contribution in [1.29, 1.82) is 0 Å². The normalized spacial score (nSPS) is 15.0. The zero-order chi connectivity index (χ0) is 17.4. The fourth-order valence-corrected chi connectivity index (χ4v) is 3.46. The number of likely N-dealkylation sites (tertiary alicyclic amines) is 1. The number of carbonyl (C=O) groups is 1. The van der Waals surface area contributed by atoms with Gasteiger partial charge >= 0.3 is 0 Å². The maximum absolute atomic E-state index is 12.2. The van der Waals surface area contributed by atoms with Crippen molar-refractivity contribution in [1.82, 2.24) is 20.5 Å². The van der Waals surface area contributed by atoms with Crippen molar-refractivity contribution in [2.45, 2.75) is 52.5 Å². The summed E-state index contributed by atoms with van der Waals surface area (Å²) in [5.74, 6) is 1.23. The molecule has 0 radical (unpaired) electrons. The predicted octanol–water partition coefficient (Wildman–Crippen LogP) is 2.95. The number of hydrogen-bond donors (Lipinski definition) is 2. The lowest BCUT2D eigenvalue weighted by atomic mass is 10.1. The summed E-state index contributed by atoms with van der Waals surface area (Å²) in [7, 11) is 0. The number of aromatic nitrogens is 1. The molecule has 0 spiro atoms. The van der Waals surface area contributed by atoms with E-state index in [-0.39, 0.29) is 36.4 Å². The number of nitrogens with zero attached hydrogens (tertiary/aromatic N) is 3. The molecule has 142 valence electrons. The molecule has 0 aliphatic carbocycles. The number of carbonyl (C=O) groups excluding carboxylic acids is 1. The average Bonchev–Trinajstić information content (AvgIpc) is 3.07. The standard InChI is InChI=1S/C17H29N5OS.HI/c1-4-18-17(19-10-15-21-14(12-24-15)13(2)3)20-11-16(23)22-8-6-5-7-9-22;/h12-13H,4-11H2,1-3H3,(H2,18,19,20);1H. The van der Waals surface area contributed by atoms with Gasteiger partial charge in [0.25, 0.3) is 0 Å². The molecule has 1 aromatic rings. The minimum absolute atomic E-state index is 0. The van der Waals surface area contributed by atoms with Crippen molar-refractivity contribution in [3.05, 3.63) is 16.1 Å². The van der Waals surface area contributed by atoms with Crippen LogP contribution in [0, 0.1) is 0 Å². The molecule has 1 aliphatic heterocycles. The van der Waals surface area contributed by atoms with Crippen LogP contribution < -0.4 is 10.6 Å². The van der Waals surface area contributed by atoms with Gasteiger partial charge in [-0.15, -0.1) is 35.3 Å². The molecule has 0 bridgehead atoms. The van der Waals surface area contributed by atoms with E-state index in [1.165, 1.54) is 6.42 Å². The van der Waals surface area contributed by atoms with Crippen molar-refractivity contribution >= 4 is 47.2 Å². The molecule has 0 unspecified atom stereocenters. The van der Waals surface area contributed by atoms with Crippen LogP contribution in [0.3, 0.4) is 0 Å². The van der Waals surface area contributed by atoms with Crippen LogP contribution in [-0.2, 0) is 11.3 Å². The van der Waals surface area contributed by atoms with Crippen LogP contribution in [0.4, 0.5) is 0 Å². The van der Waals surface area contributed by atoms with Gasteiger partial charge < -0.3 is 15.5 Å². The van der Waals surface area contributed by atoms with Crippen LogP contribution in [0.25, 0.3) is 0 Å². The number of halogens is 1. The van der Waals surface area contributed by atoms with Gasteiger partial charge in [-0.2, -0.15) is 0 Å². The van der Waals surface area contributed by atoms with Crippen molar-refractivity contribution < 1.29 is 4.79 Å². The molecule has 0 aromatic carbocycles. The quantitative estimate of drug-likeness (QED) is 0.374. The Labute approximate surface area is 171 Å². The molecule has 6 nitrogen and oxygen atoms in total. The summed E-state index contributed by atoms with van der Waals surface area (Å²) in [6.45, 7) is 9.63. The third kappa shape index (κ3) is 7.47. The maximum Gasteiger partial charge on any atom is 0.244 e. The fraction of sp³-hybridized carbons (Fsp3) is 0.706. The van der Waals surface area contributed by atoms with E-state index in [2.05, 4.69) is 39.8 Å². The summed E-state index contributed by atoms with van der Waals surface area (Å²) < 4.78 is 0. The van der Waals surface area contributed by atoms with Crippen molar-refractivity contribution in [2.75, 3.05) is 26.2 Å². The molecule has 2 rings (SSSR count). The van der Waals surface area contributed by atoms with Gasteiger partial charge in [-0.05, 0) is 32.1 Å². The highest BCUT2D eigenvalue weighted by atomic mass is 127. The Balaban J connectivity index is 0.00000312. The Hall–Kier alpha value is -0.900. The molecular formula is C17H30IN5OS. The topological polar surface area (TPSA) is 69.6 Å². The van der Waals surface area contributed by atoms with Gasteiger partial charge in [0.05, 0.1) is 12.2 Å². The molecule has 1 amide bonds. The summed E-state index contributed by atoms with van der Waals surface area (Å²) in [6.07, 6.45) is 3.44. The Bertz CT molecular complexity index is 555. The molecule has 0 saturated carbocycles. The summed E-state index contributed by atoms with van der Waals surface area (Å²) in [5, 5.41) is 9.59. The van der Waals surface area contributed by atoms with Gasteiger partial charge in [0.2, 0.25) is 5.91 Å². The number of amides is 1. The summed E-state index contributed by atoms with van der Waals surface area (Å²) in [6, 6.07) is 0. The minimum atomic E-state index is 0. The molecule has 1 aliphatic rings. The molecule has 1 fully saturated rings. The Kier molecular flexibility index (Phi) is 10.3. The molecule has 2 N–H and O–H groups in total. The number of aliphatic imine (C=N–C) groups is 1. The first-order valence-corrected chi connectivity index (χ1v) is 9.72.